The Balaban J connectivity index is 1.40. The van der Waals surface area contributed by atoms with E-state index in [2.05, 4.69) is 15.5 Å². The van der Waals surface area contributed by atoms with Crippen molar-refractivity contribution in [3.05, 3.63) is 30.3 Å². The number of nitrogens with one attached hydrogen (secondary N) is 2. The number of morpholine rings is 1. The van der Waals surface area contributed by atoms with E-state index in [0.29, 0.717) is 44.8 Å². The van der Waals surface area contributed by atoms with Crippen LogP contribution in [0.5, 0.6) is 0 Å². The van der Waals surface area contributed by atoms with Gasteiger partial charge in [-0.15, -0.1) is 0 Å². The number of benzene rings is 1. The van der Waals surface area contributed by atoms with E-state index in [1.807, 2.05) is 32.0 Å². The summed E-state index contributed by atoms with van der Waals surface area (Å²) in [6.45, 7) is 7.69. The molecule has 0 aromatic heterocycles. The predicted molar refractivity (Wildman–Crippen MR) is 136 cm³/mol. The molecule has 0 aliphatic carbocycles. The van der Waals surface area contributed by atoms with Gasteiger partial charge in [-0.3, -0.25) is 19.3 Å². The number of ether oxygens (including phenoxy) is 2. The molecule has 0 saturated carbocycles. The summed E-state index contributed by atoms with van der Waals surface area (Å²) in [6.07, 6.45) is 0.709. The first-order valence-electron chi connectivity index (χ1n) is 13.4. The van der Waals surface area contributed by atoms with Crippen molar-refractivity contribution in [2.45, 2.75) is 50.5 Å². The lowest BCUT2D eigenvalue weighted by atomic mass is 9.70. The summed E-state index contributed by atoms with van der Waals surface area (Å²) >= 11 is 0. The number of hydrogen-bond acceptors (Lipinski definition) is 7. The van der Waals surface area contributed by atoms with Crippen LogP contribution in [0, 0.1) is 17.8 Å². The maximum Gasteiger partial charge on any atom is 0.245 e. The van der Waals surface area contributed by atoms with Crippen LogP contribution >= 0.6 is 0 Å². The summed E-state index contributed by atoms with van der Waals surface area (Å²) < 4.78 is 11.9. The van der Waals surface area contributed by atoms with Crippen molar-refractivity contribution in [3.8, 4) is 0 Å². The highest BCUT2D eigenvalue weighted by Gasteiger charge is 2.75. The Bertz CT molecular complexity index is 1000. The van der Waals surface area contributed by atoms with Crippen molar-refractivity contribution >= 4 is 23.4 Å². The maximum atomic E-state index is 14.0. The smallest absolute Gasteiger partial charge is 0.245 e. The summed E-state index contributed by atoms with van der Waals surface area (Å²) in [4.78, 5) is 45.0. The van der Waals surface area contributed by atoms with Gasteiger partial charge in [-0.05, 0) is 30.9 Å². The van der Waals surface area contributed by atoms with Crippen LogP contribution in [0.3, 0.4) is 0 Å². The Morgan fingerprint density at radius 2 is 1.89 bits per heavy atom. The number of carbonyl (C=O) groups is 3. The fraction of sp³-hybridized carbons (Fsp3) is 0.667. The number of carbonyl (C=O) groups excluding carboxylic acids is 3. The second-order valence-corrected chi connectivity index (χ2v) is 10.9. The molecule has 5 rings (SSSR count). The minimum atomic E-state index is -1.08. The highest BCUT2D eigenvalue weighted by atomic mass is 16.5. The second kappa shape index (κ2) is 10.7. The number of nitrogens with zero attached hydrogens (tertiary/aromatic N) is 2. The number of para-hydroxylation sites is 1. The molecule has 2 unspecified atom stereocenters. The van der Waals surface area contributed by atoms with E-state index in [4.69, 9.17) is 9.47 Å². The zero-order valence-corrected chi connectivity index (χ0v) is 21.6. The van der Waals surface area contributed by atoms with Gasteiger partial charge in [-0.2, -0.15) is 0 Å². The normalized spacial score (nSPS) is 32.0. The molecule has 0 radical (unpaired) electrons. The molecule has 6 atom stereocenters. The number of likely N-dealkylation sites (tertiary alicyclic amines) is 1. The van der Waals surface area contributed by atoms with Gasteiger partial charge in [0.1, 0.15) is 11.6 Å². The average molecular weight is 515 g/mol. The maximum absolute atomic E-state index is 14.0. The number of rotatable bonds is 9. The van der Waals surface area contributed by atoms with Gasteiger partial charge in [0.15, 0.2) is 0 Å². The van der Waals surface area contributed by atoms with E-state index >= 15 is 0 Å². The van der Waals surface area contributed by atoms with Crippen molar-refractivity contribution in [2.75, 3.05) is 51.3 Å². The Morgan fingerprint density at radius 1 is 1.16 bits per heavy atom. The van der Waals surface area contributed by atoms with Gasteiger partial charge in [0.05, 0.1) is 43.8 Å². The molecule has 4 fully saturated rings. The fourth-order valence-corrected chi connectivity index (χ4v) is 6.67. The molecule has 1 aromatic rings. The van der Waals surface area contributed by atoms with Gasteiger partial charge in [-0.25, -0.2) is 0 Å². The van der Waals surface area contributed by atoms with E-state index in [-0.39, 0.29) is 30.2 Å². The van der Waals surface area contributed by atoms with E-state index in [0.717, 1.165) is 13.1 Å². The van der Waals surface area contributed by atoms with E-state index in [1.54, 1.807) is 12.1 Å². The summed E-state index contributed by atoms with van der Waals surface area (Å²) in [7, 11) is 0. The topological polar surface area (TPSA) is 120 Å². The average Bonchev–Trinajstić information content (AvgIpc) is 3.53. The summed E-state index contributed by atoms with van der Waals surface area (Å²) in [5, 5.41) is 16.2. The van der Waals surface area contributed by atoms with Crippen molar-refractivity contribution < 1.29 is 29.0 Å². The zero-order chi connectivity index (χ0) is 26.2. The standard InChI is InChI=1S/C27H38N4O6/c1-17(2)19(16-32)31-23(25(34)28-10-11-30-12-14-36-15-13-30)27-9-8-20(37-27)21(22(27)26(31)35)24(33)29-18-6-4-3-5-7-18/h3-7,17,19-23,32H,8-16H2,1-2H3,(H,28,34)(H,29,33)/t19-,20-,21+,22-,23?,27?/m0/s1. The Morgan fingerprint density at radius 3 is 2.57 bits per heavy atom. The number of hydrogen-bond donors (Lipinski definition) is 3. The minimum absolute atomic E-state index is 0.0818. The number of fused-ring (bicyclic) bond motifs is 1. The first-order valence-corrected chi connectivity index (χ1v) is 13.4. The summed E-state index contributed by atoms with van der Waals surface area (Å²) in [5.41, 5.74) is -0.425. The van der Waals surface area contributed by atoms with Gasteiger partial charge in [0.25, 0.3) is 0 Å². The molecule has 1 aromatic carbocycles. The fourth-order valence-electron chi connectivity index (χ4n) is 6.67. The molecule has 10 nitrogen and oxygen atoms in total. The molecule has 2 bridgehead atoms. The molecule has 4 aliphatic heterocycles. The quantitative estimate of drug-likeness (QED) is 0.438. The van der Waals surface area contributed by atoms with E-state index in [1.165, 1.54) is 4.90 Å². The number of amides is 3. The molecule has 10 heteroatoms. The third-order valence-corrected chi connectivity index (χ3v) is 8.48. The van der Waals surface area contributed by atoms with Crippen LogP contribution in [0.2, 0.25) is 0 Å². The molecular formula is C27H38N4O6. The predicted octanol–water partition coefficient (Wildman–Crippen LogP) is 0.465. The van der Waals surface area contributed by atoms with Gasteiger partial charge in [0, 0.05) is 31.9 Å². The number of anilines is 1. The van der Waals surface area contributed by atoms with Crippen LogP contribution < -0.4 is 10.6 Å². The van der Waals surface area contributed by atoms with Crippen molar-refractivity contribution in [3.63, 3.8) is 0 Å². The lowest BCUT2D eigenvalue weighted by Crippen LogP contribution is -2.59. The number of aliphatic hydroxyl groups is 1. The minimum Gasteiger partial charge on any atom is -0.394 e. The van der Waals surface area contributed by atoms with Crippen molar-refractivity contribution in [1.82, 2.24) is 15.1 Å². The van der Waals surface area contributed by atoms with Gasteiger partial charge >= 0.3 is 0 Å². The molecule has 3 N–H and O–H groups in total. The molecule has 3 amide bonds. The molecule has 202 valence electrons. The third kappa shape index (κ3) is 4.65. The molecule has 4 heterocycles. The lowest BCUT2D eigenvalue weighted by molar-refractivity contribution is -0.146. The number of aliphatic hydroxyl groups excluding tert-OH is 1. The Kier molecular flexibility index (Phi) is 7.53. The first-order chi connectivity index (χ1) is 17.9. The van der Waals surface area contributed by atoms with Crippen molar-refractivity contribution in [2.24, 2.45) is 17.8 Å². The highest BCUT2D eigenvalue weighted by molar-refractivity contribution is 6.02. The molecule has 1 spiro atoms. The largest absolute Gasteiger partial charge is 0.394 e. The molecule has 4 saturated heterocycles. The lowest BCUT2D eigenvalue weighted by Gasteiger charge is -2.38. The second-order valence-electron chi connectivity index (χ2n) is 10.9. The first kappa shape index (κ1) is 26.1. The molecular weight excluding hydrogens is 476 g/mol. The highest BCUT2D eigenvalue weighted by Crippen LogP contribution is 2.59. The van der Waals surface area contributed by atoms with Gasteiger partial charge in [-0.1, -0.05) is 32.0 Å². The zero-order valence-electron chi connectivity index (χ0n) is 21.6. The monoisotopic (exact) mass is 514 g/mol. The Labute approximate surface area is 217 Å². The van der Waals surface area contributed by atoms with Gasteiger partial charge < -0.3 is 30.1 Å². The summed E-state index contributed by atoms with van der Waals surface area (Å²) in [6, 6.07) is 7.70. The third-order valence-electron chi connectivity index (χ3n) is 8.48. The van der Waals surface area contributed by atoms with E-state index < -0.39 is 35.6 Å². The van der Waals surface area contributed by atoms with E-state index in [9.17, 15) is 19.5 Å². The summed E-state index contributed by atoms with van der Waals surface area (Å²) in [5.74, 6) is -2.37. The molecule has 37 heavy (non-hydrogen) atoms. The molecule has 4 aliphatic rings. The van der Waals surface area contributed by atoms with Crippen LogP contribution in [-0.2, 0) is 23.9 Å². The van der Waals surface area contributed by atoms with Gasteiger partial charge in [0.2, 0.25) is 17.7 Å². The van der Waals surface area contributed by atoms with Crippen molar-refractivity contribution in [1.29, 1.82) is 0 Å². The van der Waals surface area contributed by atoms with Crippen LogP contribution in [0.1, 0.15) is 26.7 Å². The van der Waals surface area contributed by atoms with Crippen LogP contribution in [0.4, 0.5) is 5.69 Å². The SMILES string of the molecule is CC(C)[C@H](CO)N1C(=O)[C@@H]2[C@H](C(=O)Nc3ccccc3)[C@@H]3CCC2(O3)C1C(=O)NCCN1CCOCC1. The Hall–Kier alpha value is -2.53. The van der Waals surface area contributed by atoms with Crippen LogP contribution in [-0.4, -0.2) is 102 Å². The van der Waals surface area contributed by atoms with Crippen LogP contribution in [0.25, 0.3) is 0 Å². The van der Waals surface area contributed by atoms with Crippen LogP contribution in [0.15, 0.2) is 30.3 Å².